The maximum atomic E-state index is 12.8. The first-order valence-corrected chi connectivity index (χ1v) is 11.4. The van der Waals surface area contributed by atoms with Crippen LogP contribution in [0.5, 0.6) is 11.5 Å². The van der Waals surface area contributed by atoms with Crippen molar-refractivity contribution in [2.75, 3.05) is 6.61 Å². The van der Waals surface area contributed by atoms with Crippen molar-refractivity contribution in [3.05, 3.63) is 101 Å². The second kappa shape index (κ2) is 12.0. The summed E-state index contributed by atoms with van der Waals surface area (Å²) in [6, 6.07) is 22.4. The molecule has 1 heterocycles. The average molecular weight is 502 g/mol. The third kappa shape index (κ3) is 7.58. The number of esters is 1. The molecule has 0 saturated carbocycles. The minimum Gasteiger partial charge on any atom is -0.508 e. The van der Waals surface area contributed by atoms with Gasteiger partial charge in [0.15, 0.2) is 0 Å². The van der Waals surface area contributed by atoms with Crippen molar-refractivity contribution in [1.82, 2.24) is 4.98 Å². The van der Waals surface area contributed by atoms with Gasteiger partial charge < -0.3 is 14.6 Å². The number of aromatic nitrogens is 1. The first-order chi connectivity index (χ1) is 16.8. The topological polar surface area (TPSA) is 68.7 Å². The van der Waals surface area contributed by atoms with Crippen LogP contribution in [0.2, 0.25) is 0 Å². The molecule has 0 unspecified atom stereocenters. The number of hydrogen-bond acceptors (Lipinski definition) is 6. The number of thiazole rings is 1. The van der Waals surface area contributed by atoms with Crippen LogP contribution in [0.3, 0.4) is 0 Å². The maximum Gasteiger partial charge on any atom is 0.416 e. The van der Waals surface area contributed by atoms with E-state index in [1.165, 1.54) is 12.1 Å². The van der Waals surface area contributed by atoms with Crippen molar-refractivity contribution in [3.8, 4) is 22.1 Å². The Balaban J connectivity index is 0.000000420. The maximum absolute atomic E-state index is 12.8. The highest BCUT2D eigenvalue weighted by Crippen LogP contribution is 2.33. The Kier molecular flexibility index (Phi) is 8.86. The zero-order chi connectivity index (χ0) is 25.3. The zero-order valence-electron chi connectivity index (χ0n) is 18.7. The summed E-state index contributed by atoms with van der Waals surface area (Å²) in [5.41, 5.74) is 0.114. The van der Waals surface area contributed by atoms with E-state index in [0.29, 0.717) is 27.8 Å². The van der Waals surface area contributed by atoms with Crippen molar-refractivity contribution in [1.29, 1.82) is 0 Å². The van der Waals surface area contributed by atoms with Crippen LogP contribution in [0, 0.1) is 0 Å². The number of hydrogen-bond donors (Lipinski definition) is 1. The number of phenols is 1. The normalized spacial score (nSPS) is 10.7. The number of aromatic hydroxyl groups is 1. The number of carbonyl (C=O) groups excluding carboxylic acids is 1. The van der Waals surface area contributed by atoms with Crippen molar-refractivity contribution in [3.63, 3.8) is 0 Å². The summed E-state index contributed by atoms with van der Waals surface area (Å²) in [6.07, 6.45) is -4.41. The Labute approximate surface area is 204 Å². The van der Waals surface area contributed by atoms with Crippen molar-refractivity contribution < 1.29 is 32.5 Å². The molecular formula is C26H22F3NO4S. The van der Waals surface area contributed by atoms with E-state index < -0.39 is 17.7 Å². The Morgan fingerprint density at radius 1 is 0.943 bits per heavy atom. The van der Waals surface area contributed by atoms with Gasteiger partial charge in [-0.05, 0) is 43.3 Å². The molecule has 0 radical (unpaired) electrons. The number of rotatable bonds is 6. The Bertz CT molecular complexity index is 1210. The summed E-state index contributed by atoms with van der Waals surface area (Å²) >= 11 is 1.06. The molecule has 0 aliphatic rings. The average Bonchev–Trinajstić information content (AvgIpc) is 3.28. The number of nitrogens with zero attached hydrogens (tertiary/aromatic N) is 1. The molecule has 0 spiro atoms. The number of phenolic OH excluding ortho intramolecular Hbond substituents is 1. The Morgan fingerprint density at radius 3 is 2.06 bits per heavy atom. The fraction of sp³-hybridized carbons (Fsp3) is 0.154. The van der Waals surface area contributed by atoms with Gasteiger partial charge in [0.05, 0.1) is 12.2 Å². The number of alkyl halides is 3. The minimum atomic E-state index is -4.41. The fourth-order valence-electron chi connectivity index (χ4n) is 2.83. The van der Waals surface area contributed by atoms with Crippen LogP contribution in [-0.2, 0) is 17.5 Å². The molecule has 182 valence electrons. The van der Waals surface area contributed by atoms with E-state index in [0.717, 1.165) is 23.5 Å². The first kappa shape index (κ1) is 25.8. The molecule has 0 bridgehead atoms. The Hall–Kier alpha value is -3.85. The van der Waals surface area contributed by atoms with Crippen LogP contribution in [0.1, 0.15) is 27.9 Å². The smallest absolute Gasteiger partial charge is 0.416 e. The minimum absolute atomic E-state index is 0.0370. The van der Waals surface area contributed by atoms with Gasteiger partial charge in [0.25, 0.3) is 0 Å². The van der Waals surface area contributed by atoms with Gasteiger partial charge in [0.1, 0.15) is 33.7 Å². The van der Waals surface area contributed by atoms with Gasteiger partial charge in [0.2, 0.25) is 0 Å². The SMILES string of the molecule is CCOC(=O)c1sc(-c2ccc(C(F)(F)F)cc2)nc1COc1ccccc1.Oc1ccccc1. The van der Waals surface area contributed by atoms with E-state index in [-0.39, 0.29) is 18.1 Å². The summed E-state index contributed by atoms with van der Waals surface area (Å²) in [5, 5.41) is 9.05. The number of carbonyl (C=O) groups is 1. The fourth-order valence-corrected chi connectivity index (χ4v) is 3.80. The van der Waals surface area contributed by atoms with Crippen LogP contribution in [0.15, 0.2) is 84.9 Å². The van der Waals surface area contributed by atoms with Gasteiger partial charge in [-0.15, -0.1) is 11.3 Å². The summed E-state index contributed by atoms with van der Waals surface area (Å²) in [6.45, 7) is 1.93. The van der Waals surface area contributed by atoms with E-state index in [1.54, 1.807) is 43.3 Å². The number of para-hydroxylation sites is 2. The predicted octanol–water partition coefficient (Wildman–Crippen LogP) is 6.98. The lowest BCUT2D eigenvalue weighted by molar-refractivity contribution is -0.137. The molecule has 4 aromatic rings. The molecule has 9 heteroatoms. The molecular weight excluding hydrogens is 479 g/mol. The lowest BCUT2D eigenvalue weighted by Gasteiger charge is -2.06. The third-order valence-corrected chi connectivity index (χ3v) is 5.62. The molecule has 0 aliphatic carbocycles. The summed E-state index contributed by atoms with van der Waals surface area (Å²) in [5.74, 6) is 0.397. The zero-order valence-corrected chi connectivity index (χ0v) is 19.5. The predicted molar refractivity (Wildman–Crippen MR) is 127 cm³/mol. The number of ether oxygens (including phenoxy) is 2. The second-order valence-corrected chi connectivity index (χ2v) is 8.03. The lowest BCUT2D eigenvalue weighted by Crippen LogP contribution is -2.07. The van der Waals surface area contributed by atoms with Crippen LogP contribution in [0.4, 0.5) is 13.2 Å². The summed E-state index contributed by atoms with van der Waals surface area (Å²) in [7, 11) is 0. The summed E-state index contributed by atoms with van der Waals surface area (Å²) < 4.78 is 49.0. The van der Waals surface area contributed by atoms with Crippen molar-refractivity contribution in [2.24, 2.45) is 0 Å². The highest BCUT2D eigenvalue weighted by atomic mass is 32.1. The number of benzene rings is 3. The highest BCUT2D eigenvalue weighted by molar-refractivity contribution is 7.17. The molecule has 1 aromatic heterocycles. The van der Waals surface area contributed by atoms with Crippen LogP contribution in [-0.4, -0.2) is 22.7 Å². The molecule has 35 heavy (non-hydrogen) atoms. The van der Waals surface area contributed by atoms with Crippen molar-refractivity contribution in [2.45, 2.75) is 19.7 Å². The standard InChI is InChI=1S/C20H16F3NO3S.C6H6O/c1-2-26-19(25)17-16(12-27-15-6-4-3-5-7-15)24-18(28-17)13-8-10-14(11-9-13)20(21,22)23;7-6-4-2-1-3-5-6/h3-11H,2,12H2,1H3;1-5,7H. The molecule has 4 rings (SSSR count). The second-order valence-electron chi connectivity index (χ2n) is 7.03. The molecule has 5 nitrogen and oxygen atoms in total. The first-order valence-electron chi connectivity index (χ1n) is 10.5. The van der Waals surface area contributed by atoms with Crippen LogP contribution in [0.25, 0.3) is 10.6 Å². The molecule has 1 N–H and O–H groups in total. The molecule has 0 amide bonds. The number of halogens is 3. The highest BCUT2D eigenvalue weighted by Gasteiger charge is 2.30. The third-order valence-electron chi connectivity index (χ3n) is 4.49. The van der Waals surface area contributed by atoms with Gasteiger partial charge in [-0.3, -0.25) is 0 Å². The molecule has 0 atom stereocenters. The lowest BCUT2D eigenvalue weighted by atomic mass is 10.1. The monoisotopic (exact) mass is 501 g/mol. The molecule has 0 fully saturated rings. The van der Waals surface area contributed by atoms with Gasteiger partial charge in [-0.1, -0.05) is 48.5 Å². The Morgan fingerprint density at radius 2 is 1.54 bits per heavy atom. The largest absolute Gasteiger partial charge is 0.508 e. The van der Waals surface area contributed by atoms with Crippen LogP contribution < -0.4 is 4.74 Å². The van der Waals surface area contributed by atoms with Gasteiger partial charge in [0, 0.05) is 5.56 Å². The van der Waals surface area contributed by atoms with Gasteiger partial charge in [-0.25, -0.2) is 9.78 Å². The van der Waals surface area contributed by atoms with Gasteiger partial charge >= 0.3 is 12.1 Å². The van der Waals surface area contributed by atoms with E-state index >= 15 is 0 Å². The van der Waals surface area contributed by atoms with Crippen LogP contribution >= 0.6 is 11.3 Å². The molecule has 0 aliphatic heterocycles. The van der Waals surface area contributed by atoms with Gasteiger partial charge in [-0.2, -0.15) is 13.2 Å². The molecule has 0 saturated heterocycles. The quantitative estimate of drug-likeness (QED) is 0.289. The summed E-state index contributed by atoms with van der Waals surface area (Å²) in [4.78, 5) is 16.9. The molecule has 3 aromatic carbocycles. The van der Waals surface area contributed by atoms with Crippen molar-refractivity contribution >= 4 is 17.3 Å². The van der Waals surface area contributed by atoms with E-state index in [2.05, 4.69) is 4.98 Å². The van der Waals surface area contributed by atoms with E-state index in [4.69, 9.17) is 14.6 Å². The van der Waals surface area contributed by atoms with E-state index in [9.17, 15) is 18.0 Å². The van der Waals surface area contributed by atoms with E-state index in [1.807, 2.05) is 24.3 Å².